The lowest BCUT2D eigenvalue weighted by Gasteiger charge is -2.14. The Labute approximate surface area is 163 Å². The van der Waals surface area contributed by atoms with E-state index in [0.717, 1.165) is 6.42 Å². The number of rotatable bonds is 8. The highest BCUT2D eigenvalue weighted by molar-refractivity contribution is 7.91. The third-order valence-corrected chi connectivity index (χ3v) is 5.89. The predicted molar refractivity (Wildman–Crippen MR) is 104 cm³/mol. The Hall–Kier alpha value is -2.00. The Morgan fingerprint density at radius 2 is 2.11 bits per heavy atom. The molecule has 3 amide bonds. The van der Waals surface area contributed by atoms with E-state index < -0.39 is 15.9 Å². The molecule has 0 aliphatic carbocycles. The predicted octanol–water partition coefficient (Wildman–Crippen LogP) is 1.94. The van der Waals surface area contributed by atoms with E-state index >= 15 is 0 Å². The molecule has 1 aliphatic heterocycles. The fraction of sp³-hybridized carbons (Fsp3) is 0.529. The number of hydrogen-bond acceptors (Lipinski definition) is 5. The molecule has 0 radical (unpaired) electrons. The Kier molecular flexibility index (Phi) is 7.73. The van der Waals surface area contributed by atoms with Crippen molar-refractivity contribution >= 4 is 39.1 Å². The lowest BCUT2D eigenvalue weighted by Crippen LogP contribution is -2.38. The number of benzene rings is 1. The molecule has 1 fully saturated rings. The van der Waals surface area contributed by atoms with Crippen molar-refractivity contribution in [1.29, 1.82) is 0 Å². The second kappa shape index (κ2) is 9.80. The highest BCUT2D eigenvalue weighted by Gasteiger charge is 2.28. The highest BCUT2D eigenvalue weighted by atomic mass is 35.5. The standard InChI is InChI=1S/C17H24ClN3O5S/c1-2-8-26-15-4-3-12(18)10-14(15)21-17(23)19-7-5-16(22)20-13-6-9-27(24,25)11-13/h3-4,10,13H,2,5-9,11H2,1H3,(H,20,22)(H2,19,21,23)/t13-/m0/s1. The van der Waals surface area contributed by atoms with Gasteiger partial charge in [-0.2, -0.15) is 0 Å². The number of ether oxygens (including phenoxy) is 1. The van der Waals surface area contributed by atoms with E-state index in [0.29, 0.717) is 29.5 Å². The van der Waals surface area contributed by atoms with E-state index in [4.69, 9.17) is 16.3 Å². The second-order valence-corrected chi connectivity index (χ2v) is 8.95. The molecule has 0 aromatic heterocycles. The van der Waals surface area contributed by atoms with Crippen LogP contribution in [0.25, 0.3) is 0 Å². The van der Waals surface area contributed by atoms with Gasteiger partial charge in [0.1, 0.15) is 5.75 Å². The van der Waals surface area contributed by atoms with Crippen LogP contribution in [0.4, 0.5) is 10.5 Å². The van der Waals surface area contributed by atoms with Gasteiger partial charge in [0, 0.05) is 24.0 Å². The summed E-state index contributed by atoms with van der Waals surface area (Å²) in [4.78, 5) is 23.9. The van der Waals surface area contributed by atoms with Crippen molar-refractivity contribution in [1.82, 2.24) is 10.6 Å². The van der Waals surface area contributed by atoms with Gasteiger partial charge in [-0.3, -0.25) is 4.79 Å². The van der Waals surface area contributed by atoms with Crippen LogP contribution < -0.4 is 20.7 Å². The van der Waals surface area contributed by atoms with Gasteiger partial charge in [-0.1, -0.05) is 18.5 Å². The topological polar surface area (TPSA) is 114 Å². The highest BCUT2D eigenvalue weighted by Crippen LogP contribution is 2.28. The van der Waals surface area contributed by atoms with Crippen LogP contribution in [-0.2, 0) is 14.6 Å². The van der Waals surface area contributed by atoms with Crippen LogP contribution in [0.3, 0.4) is 0 Å². The molecule has 27 heavy (non-hydrogen) atoms. The number of urea groups is 1. The Morgan fingerprint density at radius 3 is 2.78 bits per heavy atom. The summed E-state index contributed by atoms with van der Waals surface area (Å²) in [5.41, 5.74) is 0.439. The average Bonchev–Trinajstić information content (AvgIpc) is 2.92. The van der Waals surface area contributed by atoms with Crippen LogP contribution in [0, 0.1) is 0 Å². The summed E-state index contributed by atoms with van der Waals surface area (Å²) < 4.78 is 28.3. The molecule has 0 saturated carbocycles. The van der Waals surface area contributed by atoms with Crippen molar-refractivity contribution in [2.24, 2.45) is 0 Å². The molecule has 1 saturated heterocycles. The van der Waals surface area contributed by atoms with E-state index in [1.54, 1.807) is 18.2 Å². The molecule has 3 N–H and O–H groups in total. The minimum atomic E-state index is -3.04. The summed E-state index contributed by atoms with van der Waals surface area (Å²) in [5, 5.41) is 8.35. The van der Waals surface area contributed by atoms with Gasteiger partial charge in [-0.15, -0.1) is 0 Å². The lowest BCUT2D eigenvalue weighted by molar-refractivity contribution is -0.121. The first-order valence-electron chi connectivity index (χ1n) is 8.76. The number of anilines is 1. The van der Waals surface area contributed by atoms with Crippen LogP contribution in [0.1, 0.15) is 26.2 Å². The molecule has 1 aliphatic rings. The number of amides is 3. The summed E-state index contributed by atoms with van der Waals surface area (Å²) in [6, 6.07) is 4.09. The normalized spacial score (nSPS) is 17.9. The van der Waals surface area contributed by atoms with Crippen molar-refractivity contribution in [3.05, 3.63) is 23.2 Å². The number of hydrogen-bond donors (Lipinski definition) is 3. The lowest BCUT2D eigenvalue weighted by atomic mass is 10.2. The van der Waals surface area contributed by atoms with Crippen molar-refractivity contribution in [2.45, 2.75) is 32.2 Å². The minimum Gasteiger partial charge on any atom is -0.491 e. The maximum atomic E-state index is 12.0. The first kappa shape index (κ1) is 21.3. The first-order valence-corrected chi connectivity index (χ1v) is 11.0. The summed E-state index contributed by atoms with van der Waals surface area (Å²) >= 11 is 5.96. The van der Waals surface area contributed by atoms with E-state index in [2.05, 4.69) is 16.0 Å². The van der Waals surface area contributed by atoms with Crippen molar-refractivity contribution in [2.75, 3.05) is 30.0 Å². The molecular formula is C17H24ClN3O5S. The van der Waals surface area contributed by atoms with E-state index in [1.165, 1.54) is 0 Å². The Morgan fingerprint density at radius 1 is 1.33 bits per heavy atom. The molecule has 1 atom stereocenters. The third-order valence-electron chi connectivity index (χ3n) is 3.89. The Bertz CT molecular complexity index is 785. The van der Waals surface area contributed by atoms with Gasteiger partial charge in [0.15, 0.2) is 9.84 Å². The average molecular weight is 418 g/mol. The summed E-state index contributed by atoms with van der Waals surface area (Å²) in [6.07, 6.45) is 1.31. The number of carbonyl (C=O) groups excluding carboxylic acids is 2. The number of nitrogens with one attached hydrogen (secondary N) is 3. The molecule has 0 unspecified atom stereocenters. The maximum absolute atomic E-state index is 12.0. The summed E-state index contributed by atoms with van der Waals surface area (Å²) in [7, 11) is -3.04. The number of carbonyl (C=O) groups is 2. The zero-order chi connectivity index (χ0) is 19.9. The van der Waals surface area contributed by atoms with Gasteiger partial charge in [-0.05, 0) is 31.0 Å². The van der Waals surface area contributed by atoms with Gasteiger partial charge in [0.2, 0.25) is 5.91 Å². The smallest absolute Gasteiger partial charge is 0.319 e. The zero-order valence-electron chi connectivity index (χ0n) is 15.1. The van der Waals surface area contributed by atoms with Crippen LogP contribution in [0.2, 0.25) is 5.02 Å². The van der Waals surface area contributed by atoms with E-state index in [1.807, 2.05) is 6.92 Å². The number of halogens is 1. The SMILES string of the molecule is CCCOc1ccc(Cl)cc1NC(=O)NCCC(=O)N[C@H]1CCS(=O)(=O)C1. The van der Waals surface area contributed by atoms with Gasteiger partial charge in [-0.25, -0.2) is 13.2 Å². The van der Waals surface area contributed by atoms with Gasteiger partial charge in [0.05, 0.1) is 23.8 Å². The quantitative estimate of drug-likeness (QED) is 0.598. The van der Waals surface area contributed by atoms with E-state index in [-0.39, 0.29) is 36.4 Å². The fourth-order valence-electron chi connectivity index (χ4n) is 2.60. The number of sulfone groups is 1. The molecule has 10 heteroatoms. The van der Waals surface area contributed by atoms with Crippen LogP contribution in [-0.4, -0.2) is 51.1 Å². The van der Waals surface area contributed by atoms with Crippen LogP contribution in [0.5, 0.6) is 5.75 Å². The minimum absolute atomic E-state index is 0.0258. The van der Waals surface area contributed by atoms with Crippen molar-refractivity contribution in [3.8, 4) is 5.75 Å². The molecule has 0 bridgehead atoms. The van der Waals surface area contributed by atoms with Crippen LogP contribution in [0.15, 0.2) is 18.2 Å². The second-order valence-electron chi connectivity index (χ2n) is 6.29. The molecule has 1 aromatic carbocycles. The third kappa shape index (κ3) is 7.26. The fourth-order valence-corrected chi connectivity index (χ4v) is 4.45. The molecular weight excluding hydrogens is 394 g/mol. The largest absolute Gasteiger partial charge is 0.491 e. The van der Waals surface area contributed by atoms with Crippen molar-refractivity contribution < 1.29 is 22.7 Å². The zero-order valence-corrected chi connectivity index (χ0v) is 16.7. The Balaban J connectivity index is 1.76. The van der Waals surface area contributed by atoms with Crippen LogP contribution >= 0.6 is 11.6 Å². The summed E-state index contributed by atoms with van der Waals surface area (Å²) in [6.45, 7) is 2.60. The van der Waals surface area contributed by atoms with Gasteiger partial charge < -0.3 is 20.7 Å². The van der Waals surface area contributed by atoms with Gasteiger partial charge in [0.25, 0.3) is 0 Å². The molecule has 1 aromatic rings. The molecule has 8 nitrogen and oxygen atoms in total. The van der Waals surface area contributed by atoms with Crippen molar-refractivity contribution in [3.63, 3.8) is 0 Å². The molecule has 0 spiro atoms. The molecule has 2 rings (SSSR count). The maximum Gasteiger partial charge on any atom is 0.319 e. The molecule has 1 heterocycles. The molecule has 150 valence electrons. The van der Waals surface area contributed by atoms with E-state index in [9.17, 15) is 18.0 Å². The summed E-state index contributed by atoms with van der Waals surface area (Å²) in [5.74, 6) is 0.284. The monoisotopic (exact) mass is 417 g/mol. The first-order chi connectivity index (χ1) is 12.8. The van der Waals surface area contributed by atoms with Gasteiger partial charge >= 0.3 is 6.03 Å².